The van der Waals surface area contributed by atoms with Crippen LogP contribution in [0.25, 0.3) is 16.6 Å². The van der Waals surface area contributed by atoms with Crippen molar-refractivity contribution in [3.8, 4) is 5.82 Å². The fraction of sp³-hybridized carbons (Fsp3) is 0.364. The summed E-state index contributed by atoms with van der Waals surface area (Å²) < 4.78 is 8.37. The van der Waals surface area contributed by atoms with Crippen LogP contribution in [-0.4, -0.2) is 80.4 Å². The Labute approximate surface area is 325 Å². The number of imide groups is 1. The number of pyridine rings is 1. The summed E-state index contributed by atoms with van der Waals surface area (Å²) in [6.45, 7) is 2.90. The number of carbonyl (C=O) groups excluding carboxylic acids is 4. The molecule has 56 heavy (non-hydrogen) atoms. The van der Waals surface area contributed by atoms with Gasteiger partial charge in [-0.2, -0.15) is 0 Å². The fourth-order valence-corrected chi connectivity index (χ4v) is 8.87. The molecule has 2 saturated heterocycles. The van der Waals surface area contributed by atoms with Gasteiger partial charge in [0.05, 0.1) is 17.9 Å². The van der Waals surface area contributed by atoms with E-state index in [1.54, 1.807) is 28.1 Å². The highest BCUT2D eigenvalue weighted by Gasteiger charge is 2.41. The lowest BCUT2D eigenvalue weighted by Crippen LogP contribution is -2.53. The summed E-state index contributed by atoms with van der Waals surface area (Å²) in [5, 5.41) is 7.47. The van der Waals surface area contributed by atoms with Crippen LogP contribution in [0.1, 0.15) is 88.9 Å². The fourth-order valence-electron chi connectivity index (χ4n) is 8.87. The van der Waals surface area contributed by atoms with Gasteiger partial charge >= 0.3 is 0 Å². The minimum absolute atomic E-state index is 0.126. The molecule has 1 saturated carbocycles. The van der Waals surface area contributed by atoms with E-state index < -0.39 is 11.9 Å². The Hall–Kier alpha value is -5.72. The average Bonchev–Trinajstić information content (AvgIpc) is 3.86. The van der Waals surface area contributed by atoms with E-state index in [0.29, 0.717) is 23.5 Å². The predicted octanol–water partition coefficient (Wildman–Crippen LogP) is 5.50. The topological polar surface area (TPSA) is 139 Å². The van der Waals surface area contributed by atoms with Crippen LogP contribution < -0.4 is 15.5 Å². The molecule has 1 atom stereocenters. The van der Waals surface area contributed by atoms with E-state index in [0.717, 1.165) is 86.6 Å². The quantitative estimate of drug-likeness (QED) is 0.179. The zero-order chi connectivity index (χ0) is 38.2. The van der Waals surface area contributed by atoms with Crippen molar-refractivity contribution in [1.29, 1.82) is 0 Å². The first-order valence-electron chi connectivity index (χ1n) is 19.8. The summed E-state index contributed by atoms with van der Waals surface area (Å²) in [4.78, 5) is 63.6. The molecule has 1 unspecified atom stereocenters. The summed E-state index contributed by atoms with van der Waals surface area (Å²) in [7, 11) is 0. The second-order valence-corrected chi connectivity index (χ2v) is 15.5. The average molecular weight is 752 g/mol. The summed E-state index contributed by atoms with van der Waals surface area (Å²) in [6.07, 6.45) is 12.7. The van der Waals surface area contributed by atoms with Crippen LogP contribution in [0.2, 0.25) is 0 Å². The van der Waals surface area contributed by atoms with Crippen LogP contribution >= 0.6 is 0 Å². The van der Waals surface area contributed by atoms with Gasteiger partial charge in [-0.3, -0.25) is 38.9 Å². The molecule has 3 fully saturated rings. The highest BCUT2D eigenvalue weighted by atomic mass is 16.5. The number of anilines is 1. The first kappa shape index (κ1) is 35.9. The third-order valence-corrected chi connectivity index (χ3v) is 11.8. The Bertz CT molecular complexity index is 2280. The van der Waals surface area contributed by atoms with Gasteiger partial charge in [0.15, 0.2) is 0 Å². The smallest absolute Gasteiger partial charge is 0.270 e. The monoisotopic (exact) mass is 751 g/mol. The van der Waals surface area contributed by atoms with Crippen molar-refractivity contribution in [3.63, 3.8) is 0 Å². The lowest BCUT2D eigenvalue weighted by Gasteiger charge is -2.36. The second-order valence-electron chi connectivity index (χ2n) is 15.5. The molecule has 1 aliphatic carbocycles. The van der Waals surface area contributed by atoms with Crippen LogP contribution in [0.3, 0.4) is 0 Å². The van der Waals surface area contributed by atoms with Crippen molar-refractivity contribution in [2.24, 2.45) is 0 Å². The molecule has 12 heteroatoms. The first-order valence-corrected chi connectivity index (χ1v) is 19.8. The van der Waals surface area contributed by atoms with Crippen molar-refractivity contribution in [2.75, 3.05) is 18.0 Å². The molecule has 4 amide bonds. The van der Waals surface area contributed by atoms with Crippen LogP contribution in [-0.2, 0) is 27.3 Å². The normalized spacial score (nSPS) is 21.8. The maximum atomic E-state index is 13.5. The maximum Gasteiger partial charge on any atom is 0.270 e. The number of likely N-dealkylation sites (tertiary alicyclic amines) is 1. The first-order chi connectivity index (χ1) is 27.4. The highest BCUT2D eigenvalue weighted by molar-refractivity contribution is 6.27. The van der Waals surface area contributed by atoms with Crippen molar-refractivity contribution in [3.05, 3.63) is 119 Å². The number of rotatable bonds is 10. The Balaban J connectivity index is 0.739. The molecule has 3 aliphatic heterocycles. The maximum absolute atomic E-state index is 13.5. The zero-order valence-electron chi connectivity index (χ0n) is 31.2. The molecule has 2 N–H and O–H groups in total. The number of hydrogen-bond acceptors (Lipinski definition) is 8. The second kappa shape index (κ2) is 15.4. The van der Waals surface area contributed by atoms with E-state index in [1.165, 1.54) is 11.1 Å². The van der Waals surface area contributed by atoms with Crippen molar-refractivity contribution >= 4 is 40.1 Å². The van der Waals surface area contributed by atoms with Gasteiger partial charge in [-0.1, -0.05) is 48.5 Å². The summed E-state index contributed by atoms with van der Waals surface area (Å²) in [6, 6.07) is 23.5. The van der Waals surface area contributed by atoms with Gasteiger partial charge in [0.1, 0.15) is 23.9 Å². The van der Waals surface area contributed by atoms with Crippen molar-refractivity contribution in [2.45, 2.75) is 88.6 Å². The summed E-state index contributed by atoms with van der Waals surface area (Å²) in [5.41, 5.74) is 5.35. The van der Waals surface area contributed by atoms with Gasteiger partial charge in [0.25, 0.3) is 11.8 Å². The molecule has 0 radical (unpaired) electrons. The van der Waals surface area contributed by atoms with Gasteiger partial charge in [-0.15, -0.1) is 0 Å². The minimum Gasteiger partial charge on any atom is -0.375 e. The van der Waals surface area contributed by atoms with E-state index in [1.807, 2.05) is 36.5 Å². The summed E-state index contributed by atoms with van der Waals surface area (Å²) >= 11 is 0. The predicted molar refractivity (Wildman–Crippen MR) is 210 cm³/mol. The lowest BCUT2D eigenvalue weighted by atomic mass is 9.92. The number of ether oxygens (including phenoxy) is 1. The van der Waals surface area contributed by atoms with Crippen molar-refractivity contribution in [1.82, 2.24) is 30.1 Å². The van der Waals surface area contributed by atoms with Crippen LogP contribution in [0.5, 0.6) is 0 Å². The number of imidazole rings is 1. The van der Waals surface area contributed by atoms with E-state index in [-0.39, 0.29) is 42.4 Å². The standard InChI is InChI=1S/C44H45N7O5/c52-40-18-17-38(43(54)48-40)51-37-16-11-30(34-3-1-4-35(41(34)37)44(51)55)25-28-7-9-29(10-8-28)26-49-22-19-33(20-23-49)56-32-14-12-31(13-15-32)46-42(53)36-5-2-6-39(47-36)50-24-21-45-27-50/h1-11,16,21,24,27,31-33,38H,12-15,17-20,22-23,25-26H2,(H,46,53)(H,48,52,54). The molecule has 4 aliphatic rings. The highest BCUT2D eigenvalue weighted by Crippen LogP contribution is 2.41. The number of aromatic nitrogens is 3. The number of piperidine rings is 2. The zero-order valence-corrected chi connectivity index (χ0v) is 31.2. The number of carbonyl (C=O) groups is 4. The van der Waals surface area contributed by atoms with Gasteiger partial charge in [0, 0.05) is 55.4 Å². The van der Waals surface area contributed by atoms with Gasteiger partial charge < -0.3 is 10.1 Å². The van der Waals surface area contributed by atoms with Gasteiger partial charge in [-0.05, 0) is 97.7 Å². The Kier molecular flexibility index (Phi) is 9.91. The minimum atomic E-state index is -0.692. The molecule has 3 aromatic carbocycles. The van der Waals surface area contributed by atoms with E-state index in [2.05, 4.69) is 61.9 Å². The summed E-state index contributed by atoms with van der Waals surface area (Å²) in [5.74, 6) is -0.376. The molecular weight excluding hydrogens is 707 g/mol. The van der Waals surface area contributed by atoms with Crippen LogP contribution in [0.4, 0.5) is 5.69 Å². The molecule has 2 aromatic heterocycles. The Morgan fingerprint density at radius 2 is 1.61 bits per heavy atom. The lowest BCUT2D eigenvalue weighted by molar-refractivity contribution is -0.134. The van der Waals surface area contributed by atoms with E-state index in [9.17, 15) is 19.2 Å². The Morgan fingerprint density at radius 3 is 2.38 bits per heavy atom. The van der Waals surface area contributed by atoms with Gasteiger partial charge in [-0.25, -0.2) is 9.97 Å². The number of benzene rings is 3. The molecule has 286 valence electrons. The third kappa shape index (κ3) is 7.34. The molecule has 5 heterocycles. The largest absolute Gasteiger partial charge is 0.375 e. The van der Waals surface area contributed by atoms with Gasteiger partial charge in [0.2, 0.25) is 11.8 Å². The Morgan fingerprint density at radius 1 is 0.839 bits per heavy atom. The molecule has 0 spiro atoms. The van der Waals surface area contributed by atoms with Crippen LogP contribution in [0.15, 0.2) is 91.5 Å². The van der Waals surface area contributed by atoms with Crippen molar-refractivity contribution < 1.29 is 23.9 Å². The number of amides is 4. The number of nitrogens with one attached hydrogen (secondary N) is 2. The number of nitrogens with zero attached hydrogens (tertiary/aromatic N) is 5. The molecule has 0 bridgehead atoms. The van der Waals surface area contributed by atoms with Crippen LogP contribution in [0, 0.1) is 0 Å². The molecular formula is C44H45N7O5. The number of hydrogen-bond donors (Lipinski definition) is 2. The van der Waals surface area contributed by atoms with E-state index >= 15 is 0 Å². The molecule has 9 rings (SSSR count). The SMILES string of the molecule is O=C1CCC(N2C(=O)c3cccc4c(Cc5ccc(CN6CCC(OC7CCC(NC(=O)c8cccc(-n9ccnc9)n8)CC7)CC6)cc5)ccc2c34)C(=O)N1. The molecule has 5 aromatic rings. The third-order valence-electron chi connectivity index (χ3n) is 11.8. The molecule has 12 nitrogen and oxygen atoms in total. The van der Waals surface area contributed by atoms with E-state index in [4.69, 9.17) is 4.74 Å².